The van der Waals surface area contributed by atoms with E-state index in [1.54, 1.807) is 43.7 Å². The number of likely N-dealkylation sites (N-methyl/N-ethyl adjacent to an activating group) is 1. The molecule has 3 heterocycles. The summed E-state index contributed by atoms with van der Waals surface area (Å²) in [5.74, 6) is 0.410. The fraction of sp³-hybridized carbons (Fsp3) is 0.280. The van der Waals surface area contributed by atoms with E-state index in [9.17, 15) is 13.6 Å². The van der Waals surface area contributed by atoms with E-state index < -0.39 is 17.8 Å². The smallest absolute Gasteiger partial charge is 0.387 e. The third kappa shape index (κ3) is 4.05. The molecule has 2 atom stereocenters. The summed E-state index contributed by atoms with van der Waals surface area (Å²) in [6.45, 7) is -1.05. The topological polar surface area (TPSA) is 103 Å². The second-order valence-corrected chi connectivity index (χ2v) is 8.96. The van der Waals surface area contributed by atoms with Crippen molar-refractivity contribution in [3.05, 3.63) is 72.3 Å². The first-order chi connectivity index (χ1) is 16.7. The highest BCUT2D eigenvalue weighted by molar-refractivity contribution is 6.07. The van der Waals surface area contributed by atoms with Gasteiger partial charge in [-0.05, 0) is 42.3 Å². The van der Waals surface area contributed by atoms with E-state index in [1.807, 2.05) is 19.1 Å². The number of aromatic nitrogens is 2. The van der Waals surface area contributed by atoms with E-state index in [0.717, 1.165) is 16.7 Å². The van der Waals surface area contributed by atoms with Crippen LogP contribution < -0.4 is 15.2 Å². The van der Waals surface area contributed by atoms with Crippen molar-refractivity contribution in [1.29, 1.82) is 0 Å². The lowest BCUT2D eigenvalue weighted by Gasteiger charge is -2.43. The largest absolute Gasteiger partial charge is 0.487 e. The fourth-order valence-corrected chi connectivity index (χ4v) is 4.86. The maximum Gasteiger partial charge on any atom is 0.387 e. The number of aliphatic imine (C=N–C) groups is 1. The van der Waals surface area contributed by atoms with Crippen molar-refractivity contribution in [2.75, 3.05) is 7.05 Å². The number of guanidine groups is 1. The molecule has 0 saturated carbocycles. The zero-order valence-electron chi connectivity index (χ0n) is 19.1. The Morgan fingerprint density at radius 3 is 2.63 bits per heavy atom. The van der Waals surface area contributed by atoms with Crippen LogP contribution in [0.15, 0.2) is 66.2 Å². The molecule has 3 aromatic rings. The van der Waals surface area contributed by atoms with Crippen molar-refractivity contribution in [1.82, 2.24) is 14.9 Å². The van der Waals surface area contributed by atoms with Crippen molar-refractivity contribution >= 4 is 11.9 Å². The van der Waals surface area contributed by atoms with Crippen molar-refractivity contribution in [2.45, 2.75) is 37.5 Å². The predicted molar refractivity (Wildman–Crippen MR) is 124 cm³/mol. The number of hydrogen-bond acceptors (Lipinski definition) is 7. The van der Waals surface area contributed by atoms with E-state index in [-0.39, 0.29) is 24.0 Å². The molecule has 2 aliphatic rings. The molecule has 0 saturated heterocycles. The van der Waals surface area contributed by atoms with Crippen molar-refractivity contribution in [2.24, 2.45) is 10.7 Å². The summed E-state index contributed by atoms with van der Waals surface area (Å²) in [5, 5.41) is 0. The van der Waals surface area contributed by atoms with Gasteiger partial charge in [0.05, 0.1) is 0 Å². The lowest BCUT2D eigenvalue weighted by Crippen LogP contribution is -2.51. The van der Waals surface area contributed by atoms with Crippen LogP contribution in [0.3, 0.4) is 0 Å². The average Bonchev–Trinajstić information content (AvgIpc) is 3.02. The van der Waals surface area contributed by atoms with Crippen LogP contribution in [0.1, 0.15) is 24.5 Å². The predicted octanol–water partition coefficient (Wildman–Crippen LogP) is 3.51. The molecule has 1 spiro atoms. The number of carbonyl (C=O) groups is 1. The highest BCUT2D eigenvalue weighted by Gasteiger charge is 2.56. The first kappa shape index (κ1) is 22.7. The highest BCUT2D eigenvalue weighted by Crippen LogP contribution is 2.50. The molecule has 2 aliphatic heterocycles. The molecule has 2 N–H and O–H groups in total. The standard InChI is InChI=1S/C25H23F2N5O3/c1-24(10-15-4-3-5-18(8-15)34-22(26)27)13-25(21(33)32(2)23(28)31-25)19-9-16(6-7-20(19)35-24)17-11-29-14-30-12-17/h3-9,11-12,14,22H,10,13H2,1-2H3,(H2,28,31)/t24-,25?/m1/s1. The quantitative estimate of drug-likeness (QED) is 0.601. The molecule has 0 aliphatic carbocycles. The third-order valence-electron chi connectivity index (χ3n) is 6.31. The maximum absolute atomic E-state index is 13.6. The van der Waals surface area contributed by atoms with Gasteiger partial charge in [-0.2, -0.15) is 8.78 Å². The Labute approximate surface area is 200 Å². The van der Waals surface area contributed by atoms with Gasteiger partial charge in [-0.15, -0.1) is 0 Å². The summed E-state index contributed by atoms with van der Waals surface area (Å²) in [6, 6.07) is 12.0. The van der Waals surface area contributed by atoms with Crippen LogP contribution in [-0.2, 0) is 16.8 Å². The second-order valence-electron chi connectivity index (χ2n) is 8.96. The first-order valence-corrected chi connectivity index (χ1v) is 11.0. The number of hydrogen-bond donors (Lipinski definition) is 1. The molecule has 1 unspecified atom stereocenters. The van der Waals surface area contributed by atoms with Crippen LogP contribution >= 0.6 is 0 Å². The van der Waals surface area contributed by atoms with Crippen LogP contribution in [0.5, 0.6) is 11.5 Å². The van der Waals surface area contributed by atoms with E-state index in [2.05, 4.69) is 19.7 Å². The molecule has 0 fully saturated rings. The van der Waals surface area contributed by atoms with Crippen molar-refractivity contribution in [3.63, 3.8) is 0 Å². The lowest BCUT2D eigenvalue weighted by atomic mass is 9.74. The van der Waals surface area contributed by atoms with Gasteiger partial charge in [0, 0.05) is 43.4 Å². The van der Waals surface area contributed by atoms with Gasteiger partial charge >= 0.3 is 6.61 Å². The van der Waals surface area contributed by atoms with Gasteiger partial charge in [0.1, 0.15) is 23.4 Å². The number of amides is 1. The molecule has 0 radical (unpaired) electrons. The van der Waals surface area contributed by atoms with Crippen LogP contribution in [0.25, 0.3) is 11.1 Å². The van der Waals surface area contributed by atoms with Gasteiger partial charge in [-0.25, -0.2) is 15.0 Å². The zero-order valence-corrected chi connectivity index (χ0v) is 19.1. The summed E-state index contributed by atoms with van der Waals surface area (Å²) in [5.41, 5.74) is 6.83. The highest BCUT2D eigenvalue weighted by atomic mass is 19.3. The molecule has 1 aromatic heterocycles. The molecule has 1 amide bonds. The number of nitrogens with zero attached hydrogens (tertiary/aromatic N) is 4. The Bertz CT molecular complexity index is 1320. The maximum atomic E-state index is 13.6. The molecular formula is C25H23F2N5O3. The first-order valence-electron chi connectivity index (χ1n) is 11.0. The normalized spacial score (nSPS) is 23.3. The van der Waals surface area contributed by atoms with Crippen LogP contribution in [-0.4, -0.2) is 46.0 Å². The lowest BCUT2D eigenvalue weighted by molar-refractivity contribution is -0.133. The van der Waals surface area contributed by atoms with Gasteiger partial charge in [-0.1, -0.05) is 18.2 Å². The fourth-order valence-electron chi connectivity index (χ4n) is 4.86. The summed E-state index contributed by atoms with van der Waals surface area (Å²) < 4.78 is 36.4. The van der Waals surface area contributed by atoms with E-state index >= 15 is 0 Å². The van der Waals surface area contributed by atoms with E-state index in [0.29, 0.717) is 17.7 Å². The number of ether oxygens (including phenoxy) is 2. The molecule has 2 aromatic carbocycles. The summed E-state index contributed by atoms with van der Waals surface area (Å²) in [6.07, 6.45) is 5.34. The molecule has 8 nitrogen and oxygen atoms in total. The number of benzene rings is 2. The Balaban J connectivity index is 1.57. The molecule has 180 valence electrons. The Hall–Kier alpha value is -4.08. The van der Waals surface area contributed by atoms with Crippen LogP contribution in [0, 0.1) is 0 Å². The number of rotatable bonds is 5. The minimum atomic E-state index is -2.92. The van der Waals surface area contributed by atoms with Gasteiger partial charge in [0.15, 0.2) is 11.5 Å². The van der Waals surface area contributed by atoms with Crippen molar-refractivity contribution in [3.8, 4) is 22.6 Å². The minimum Gasteiger partial charge on any atom is -0.487 e. The second kappa shape index (κ2) is 8.30. The van der Waals surface area contributed by atoms with E-state index in [1.165, 1.54) is 17.3 Å². The van der Waals surface area contributed by atoms with Gasteiger partial charge in [0.2, 0.25) is 0 Å². The third-order valence-corrected chi connectivity index (χ3v) is 6.31. The average molecular weight is 479 g/mol. The minimum absolute atomic E-state index is 0.0562. The number of fused-ring (bicyclic) bond motifs is 2. The van der Waals surface area contributed by atoms with Crippen molar-refractivity contribution < 1.29 is 23.0 Å². The van der Waals surface area contributed by atoms with Gasteiger partial charge in [0.25, 0.3) is 5.91 Å². The number of carbonyl (C=O) groups excluding carboxylic acids is 1. The van der Waals surface area contributed by atoms with Crippen LogP contribution in [0.4, 0.5) is 8.78 Å². The SMILES string of the molecule is CN1C(=O)C2(C[C@@](C)(Cc3cccc(OC(F)F)c3)Oc3ccc(-c4cncnc4)cc32)N=C1N. The molecule has 10 heteroatoms. The van der Waals surface area contributed by atoms with Gasteiger partial charge in [-0.3, -0.25) is 9.69 Å². The Morgan fingerprint density at radius 1 is 1.17 bits per heavy atom. The van der Waals surface area contributed by atoms with E-state index in [4.69, 9.17) is 10.5 Å². The number of nitrogens with two attached hydrogens (primary N) is 1. The Morgan fingerprint density at radius 2 is 1.94 bits per heavy atom. The molecule has 35 heavy (non-hydrogen) atoms. The molecule has 5 rings (SSSR count). The molecule has 0 bridgehead atoms. The monoisotopic (exact) mass is 479 g/mol. The number of alkyl halides is 2. The van der Waals surface area contributed by atoms with Crippen LogP contribution in [0.2, 0.25) is 0 Å². The van der Waals surface area contributed by atoms with Gasteiger partial charge < -0.3 is 15.2 Å². The number of halogens is 2. The molecular weight excluding hydrogens is 456 g/mol. The summed E-state index contributed by atoms with van der Waals surface area (Å²) in [4.78, 5) is 27.7. The summed E-state index contributed by atoms with van der Waals surface area (Å²) >= 11 is 0. The zero-order chi connectivity index (χ0) is 24.8. The summed E-state index contributed by atoms with van der Waals surface area (Å²) in [7, 11) is 1.59. The Kier molecular flexibility index (Phi) is 5.38.